The van der Waals surface area contributed by atoms with Crippen LogP contribution in [0.3, 0.4) is 0 Å². The van der Waals surface area contributed by atoms with Crippen LogP contribution in [0.1, 0.15) is 25.8 Å². The quantitative estimate of drug-likeness (QED) is 0.393. The summed E-state index contributed by atoms with van der Waals surface area (Å²) in [5.74, 6) is 0.853. The van der Waals surface area contributed by atoms with E-state index >= 15 is 0 Å². The van der Waals surface area contributed by atoms with Gasteiger partial charge in [-0.25, -0.2) is 10.1 Å². The zero-order valence-corrected chi connectivity index (χ0v) is 19.6. The Balaban J connectivity index is 1.40. The average molecular weight is 490 g/mol. The standard InChI is InChI=1S/C22H27N5O6S/c1-22(2)11-32-17-4-3-12(7-14(17)22)15-9-19-24-6-5-18(27(19)26-15)25-16-8-13(20(28)21(16)29)10-33-34(23,30)31/h3-7,9,13,16,20-21,25,28-29H,8,10-11H2,1-2H3,(H2,23,30,31)/t13?,16-,20-,21+/m1/s1. The third-order valence-electron chi connectivity index (χ3n) is 6.53. The highest BCUT2D eigenvalue weighted by Gasteiger charge is 2.42. The number of nitrogens with zero attached hydrogens (tertiary/aromatic N) is 3. The van der Waals surface area contributed by atoms with Crippen LogP contribution < -0.4 is 15.2 Å². The van der Waals surface area contributed by atoms with Gasteiger partial charge < -0.3 is 20.3 Å². The van der Waals surface area contributed by atoms with Gasteiger partial charge in [-0.05, 0) is 30.7 Å². The van der Waals surface area contributed by atoms with Crippen LogP contribution in [0.25, 0.3) is 16.9 Å². The number of nitrogens with two attached hydrogens (primary N) is 1. The lowest BCUT2D eigenvalue weighted by Gasteiger charge is -2.19. The first-order chi connectivity index (χ1) is 16.0. The van der Waals surface area contributed by atoms with Crippen LogP contribution in [0, 0.1) is 5.92 Å². The molecular weight excluding hydrogens is 462 g/mol. The summed E-state index contributed by atoms with van der Waals surface area (Å²) in [7, 11) is -4.14. The second-order valence-corrected chi connectivity index (χ2v) is 10.7. The van der Waals surface area contributed by atoms with Crippen molar-refractivity contribution in [2.45, 2.75) is 43.9 Å². The summed E-state index contributed by atoms with van der Waals surface area (Å²) in [5, 5.41) is 33.6. The van der Waals surface area contributed by atoms with Crippen molar-refractivity contribution >= 4 is 21.8 Å². The molecule has 2 aromatic heterocycles. The Hall–Kier alpha value is -2.77. The predicted molar refractivity (Wildman–Crippen MR) is 124 cm³/mol. The van der Waals surface area contributed by atoms with Crippen LogP contribution in [-0.2, 0) is 19.9 Å². The Bertz CT molecular complexity index is 1340. The molecule has 1 aliphatic carbocycles. The van der Waals surface area contributed by atoms with Crippen molar-refractivity contribution in [2.24, 2.45) is 11.1 Å². The summed E-state index contributed by atoms with van der Waals surface area (Å²) in [6.07, 6.45) is -0.398. The largest absolute Gasteiger partial charge is 0.492 e. The maximum atomic E-state index is 11.1. The molecule has 0 radical (unpaired) electrons. The number of nitrogens with one attached hydrogen (secondary N) is 1. The molecule has 4 atom stereocenters. The van der Waals surface area contributed by atoms with E-state index in [1.165, 1.54) is 0 Å². The van der Waals surface area contributed by atoms with Gasteiger partial charge in [0.2, 0.25) is 0 Å². The highest BCUT2D eigenvalue weighted by atomic mass is 32.2. The van der Waals surface area contributed by atoms with E-state index in [1.54, 1.807) is 16.8 Å². The van der Waals surface area contributed by atoms with Crippen molar-refractivity contribution in [3.63, 3.8) is 0 Å². The highest BCUT2D eigenvalue weighted by molar-refractivity contribution is 7.84. The number of aromatic nitrogens is 3. The lowest BCUT2D eigenvalue weighted by molar-refractivity contribution is 0.00777. The van der Waals surface area contributed by atoms with Crippen LogP contribution >= 0.6 is 0 Å². The van der Waals surface area contributed by atoms with E-state index in [9.17, 15) is 18.6 Å². The lowest BCUT2D eigenvalue weighted by atomic mass is 9.86. The Morgan fingerprint density at radius 1 is 1.26 bits per heavy atom. The number of anilines is 1. The number of hydrogen-bond donors (Lipinski definition) is 4. The van der Waals surface area contributed by atoms with Gasteiger partial charge in [-0.15, -0.1) is 0 Å². The number of ether oxygens (including phenoxy) is 1. The summed E-state index contributed by atoms with van der Waals surface area (Å²) in [6.45, 7) is 4.59. The Kier molecular flexibility index (Phi) is 5.52. The van der Waals surface area contributed by atoms with Crippen LogP contribution in [0.2, 0.25) is 0 Å². The number of aliphatic hydroxyl groups is 2. The third-order valence-corrected chi connectivity index (χ3v) is 7.00. The fraction of sp³-hybridized carbons (Fsp3) is 0.455. The maximum Gasteiger partial charge on any atom is 0.333 e. The molecule has 5 N–H and O–H groups in total. The van der Waals surface area contributed by atoms with Crippen molar-refractivity contribution in [3.8, 4) is 17.0 Å². The van der Waals surface area contributed by atoms with Crippen molar-refractivity contribution < 1.29 is 27.6 Å². The van der Waals surface area contributed by atoms with Crippen LogP contribution in [0.15, 0.2) is 36.5 Å². The second-order valence-electron chi connectivity index (χ2n) is 9.52. The molecule has 1 aliphatic heterocycles. The molecule has 1 aromatic carbocycles. The molecule has 1 unspecified atom stereocenters. The molecule has 0 saturated heterocycles. The normalized spacial score (nSPS) is 25.9. The van der Waals surface area contributed by atoms with Crippen molar-refractivity contribution in [2.75, 3.05) is 18.5 Å². The first-order valence-corrected chi connectivity index (χ1v) is 12.4. The van der Waals surface area contributed by atoms with E-state index in [-0.39, 0.29) is 18.4 Å². The molecular formula is C22H27N5O6S. The van der Waals surface area contributed by atoms with E-state index in [1.807, 2.05) is 18.2 Å². The minimum atomic E-state index is -4.14. The molecule has 34 heavy (non-hydrogen) atoms. The zero-order chi connectivity index (χ0) is 24.3. The van der Waals surface area contributed by atoms with Crippen LogP contribution in [-0.4, -0.2) is 64.7 Å². The summed E-state index contributed by atoms with van der Waals surface area (Å²) < 4.78 is 34.2. The highest BCUT2D eigenvalue weighted by Crippen LogP contribution is 2.40. The number of rotatable bonds is 6. The van der Waals surface area contributed by atoms with E-state index in [4.69, 9.17) is 15.0 Å². The minimum absolute atomic E-state index is 0.0849. The van der Waals surface area contributed by atoms with E-state index in [0.717, 1.165) is 22.6 Å². The predicted octanol–water partition coefficient (Wildman–Crippen LogP) is 0.809. The molecule has 0 bridgehead atoms. The molecule has 11 nitrogen and oxygen atoms in total. The molecule has 0 amide bonds. The molecule has 5 rings (SSSR count). The number of fused-ring (bicyclic) bond motifs is 2. The molecule has 1 fully saturated rings. The van der Waals surface area contributed by atoms with E-state index in [2.05, 4.69) is 34.4 Å². The van der Waals surface area contributed by atoms with Gasteiger partial charge in [-0.2, -0.15) is 18.0 Å². The Morgan fingerprint density at radius 2 is 2.06 bits per heavy atom. The Morgan fingerprint density at radius 3 is 2.82 bits per heavy atom. The molecule has 2 aliphatic rings. The summed E-state index contributed by atoms with van der Waals surface area (Å²) in [6, 6.07) is 9.04. The van der Waals surface area contributed by atoms with Gasteiger partial charge in [0, 0.05) is 34.7 Å². The zero-order valence-electron chi connectivity index (χ0n) is 18.7. The van der Waals surface area contributed by atoms with Gasteiger partial charge in [0.1, 0.15) is 17.7 Å². The molecule has 3 aromatic rings. The summed E-state index contributed by atoms with van der Waals surface area (Å²) in [4.78, 5) is 4.39. The fourth-order valence-corrected chi connectivity index (χ4v) is 5.00. The van der Waals surface area contributed by atoms with Gasteiger partial charge in [-0.3, -0.25) is 4.18 Å². The maximum absolute atomic E-state index is 11.1. The van der Waals surface area contributed by atoms with Gasteiger partial charge in [-0.1, -0.05) is 13.8 Å². The van der Waals surface area contributed by atoms with Crippen LogP contribution in [0.5, 0.6) is 5.75 Å². The first-order valence-electron chi connectivity index (χ1n) is 10.9. The van der Waals surface area contributed by atoms with Gasteiger partial charge in [0.05, 0.1) is 31.1 Å². The average Bonchev–Trinajstić information content (AvgIpc) is 3.42. The smallest absolute Gasteiger partial charge is 0.333 e. The molecule has 1 saturated carbocycles. The first kappa shape index (κ1) is 23.0. The molecule has 0 spiro atoms. The summed E-state index contributed by atoms with van der Waals surface area (Å²) in [5.41, 5.74) is 3.32. The SMILES string of the molecule is CC1(C)COc2ccc(-c3cc4nccc(N[C@@H]5CC(COS(N)(=O)=O)[C@@H](O)[C@H]5O)n4n3)cc21. The van der Waals surface area contributed by atoms with Crippen molar-refractivity contribution in [1.82, 2.24) is 14.6 Å². The van der Waals surface area contributed by atoms with Crippen molar-refractivity contribution in [3.05, 3.63) is 42.1 Å². The fourth-order valence-electron chi connectivity index (χ4n) is 4.63. The topological polar surface area (TPSA) is 161 Å². The van der Waals surface area contributed by atoms with Crippen molar-refractivity contribution in [1.29, 1.82) is 0 Å². The van der Waals surface area contributed by atoms with Gasteiger partial charge in [0.25, 0.3) is 0 Å². The van der Waals surface area contributed by atoms with Crippen LogP contribution in [0.4, 0.5) is 5.82 Å². The second kappa shape index (κ2) is 8.17. The Labute approximate surface area is 196 Å². The van der Waals surface area contributed by atoms with E-state index < -0.39 is 34.5 Å². The monoisotopic (exact) mass is 489 g/mol. The minimum Gasteiger partial charge on any atom is -0.492 e. The number of benzene rings is 1. The number of aliphatic hydroxyl groups excluding tert-OH is 2. The van der Waals surface area contributed by atoms with Gasteiger partial charge >= 0.3 is 10.3 Å². The third kappa shape index (κ3) is 4.23. The van der Waals surface area contributed by atoms with E-state index in [0.29, 0.717) is 18.1 Å². The summed E-state index contributed by atoms with van der Waals surface area (Å²) >= 11 is 0. The molecule has 3 heterocycles. The lowest BCUT2D eigenvalue weighted by Crippen LogP contribution is -2.36. The number of hydrogen-bond acceptors (Lipinski definition) is 9. The molecule has 182 valence electrons. The van der Waals surface area contributed by atoms with Gasteiger partial charge in [0.15, 0.2) is 5.65 Å². The molecule has 12 heteroatoms.